The molecular formula is C15H21N3O2. The molecule has 1 aliphatic carbocycles. The van der Waals surface area contributed by atoms with Crippen molar-refractivity contribution in [1.29, 1.82) is 0 Å². The van der Waals surface area contributed by atoms with Crippen LogP contribution < -0.4 is 16.4 Å². The molecule has 1 aliphatic rings. The Kier molecular flexibility index (Phi) is 4.74. The summed E-state index contributed by atoms with van der Waals surface area (Å²) in [7, 11) is 0. The number of nitrogens with two attached hydrogens (primary N) is 1. The molecule has 2 rings (SSSR count). The molecule has 0 aromatic heterocycles. The highest BCUT2D eigenvalue weighted by Gasteiger charge is 2.34. The standard InChI is InChI=1S/C15H21N3O2/c16-15(7-4-8-15)9-13(19)18-11-14(20)17-10-12-5-2-1-3-6-12/h1-3,5-6H,4,7-11,16H2,(H,17,20)(H,18,19). The van der Waals surface area contributed by atoms with Crippen LogP contribution in [-0.4, -0.2) is 23.9 Å². The average Bonchev–Trinajstić information content (AvgIpc) is 2.42. The Bertz CT molecular complexity index is 469. The summed E-state index contributed by atoms with van der Waals surface area (Å²) >= 11 is 0. The highest BCUT2D eigenvalue weighted by Crippen LogP contribution is 2.31. The van der Waals surface area contributed by atoms with Crippen LogP contribution in [0.25, 0.3) is 0 Å². The maximum atomic E-state index is 11.7. The largest absolute Gasteiger partial charge is 0.350 e. The van der Waals surface area contributed by atoms with Gasteiger partial charge in [0.25, 0.3) is 0 Å². The summed E-state index contributed by atoms with van der Waals surface area (Å²) in [6.45, 7) is 0.470. The topological polar surface area (TPSA) is 84.2 Å². The summed E-state index contributed by atoms with van der Waals surface area (Å²) in [5.41, 5.74) is 6.67. The Morgan fingerprint density at radius 1 is 1.10 bits per heavy atom. The van der Waals surface area contributed by atoms with Gasteiger partial charge in [-0.25, -0.2) is 0 Å². The fraction of sp³-hybridized carbons (Fsp3) is 0.467. The van der Waals surface area contributed by atoms with Crippen molar-refractivity contribution in [3.05, 3.63) is 35.9 Å². The van der Waals surface area contributed by atoms with Gasteiger partial charge in [0.1, 0.15) is 0 Å². The summed E-state index contributed by atoms with van der Waals surface area (Å²) in [6.07, 6.45) is 3.17. The van der Waals surface area contributed by atoms with Gasteiger partial charge >= 0.3 is 0 Å². The molecule has 0 unspecified atom stereocenters. The Labute approximate surface area is 118 Å². The molecule has 1 fully saturated rings. The summed E-state index contributed by atoms with van der Waals surface area (Å²) in [5, 5.41) is 5.37. The van der Waals surface area contributed by atoms with Crippen molar-refractivity contribution in [2.75, 3.05) is 6.54 Å². The van der Waals surface area contributed by atoms with E-state index < -0.39 is 0 Å². The van der Waals surface area contributed by atoms with E-state index in [9.17, 15) is 9.59 Å². The van der Waals surface area contributed by atoms with Gasteiger partial charge in [-0.3, -0.25) is 9.59 Å². The Balaban J connectivity index is 1.63. The monoisotopic (exact) mass is 275 g/mol. The fourth-order valence-corrected chi connectivity index (χ4v) is 2.23. The fourth-order valence-electron chi connectivity index (χ4n) is 2.23. The van der Waals surface area contributed by atoms with Gasteiger partial charge in [-0.1, -0.05) is 30.3 Å². The summed E-state index contributed by atoms with van der Waals surface area (Å²) in [5.74, 6) is -0.344. The summed E-state index contributed by atoms with van der Waals surface area (Å²) in [6, 6.07) is 9.64. The van der Waals surface area contributed by atoms with Gasteiger partial charge in [0.15, 0.2) is 0 Å². The number of rotatable bonds is 6. The first-order chi connectivity index (χ1) is 9.57. The van der Waals surface area contributed by atoms with Crippen molar-refractivity contribution in [3.63, 3.8) is 0 Å². The van der Waals surface area contributed by atoms with Crippen molar-refractivity contribution in [2.45, 2.75) is 37.8 Å². The van der Waals surface area contributed by atoms with Crippen LogP contribution >= 0.6 is 0 Å². The van der Waals surface area contributed by atoms with E-state index in [1.807, 2.05) is 30.3 Å². The van der Waals surface area contributed by atoms with Gasteiger partial charge in [-0.2, -0.15) is 0 Å². The van der Waals surface area contributed by atoms with Crippen LogP contribution in [0.15, 0.2) is 30.3 Å². The molecule has 4 N–H and O–H groups in total. The van der Waals surface area contributed by atoms with Crippen molar-refractivity contribution in [1.82, 2.24) is 10.6 Å². The number of nitrogens with one attached hydrogen (secondary N) is 2. The maximum Gasteiger partial charge on any atom is 0.239 e. The number of carbonyl (C=O) groups is 2. The molecule has 1 aromatic rings. The normalized spacial score (nSPS) is 16.1. The average molecular weight is 275 g/mol. The SMILES string of the molecule is NC1(CC(=O)NCC(=O)NCc2ccccc2)CCC1. The third-order valence-corrected chi connectivity index (χ3v) is 3.64. The molecule has 20 heavy (non-hydrogen) atoms. The van der Waals surface area contributed by atoms with Crippen LogP contribution in [0.1, 0.15) is 31.2 Å². The minimum absolute atomic E-state index is 0.00173. The number of carbonyl (C=O) groups excluding carboxylic acids is 2. The number of benzene rings is 1. The van der Waals surface area contributed by atoms with Gasteiger partial charge in [0, 0.05) is 18.5 Å². The predicted molar refractivity (Wildman–Crippen MR) is 76.7 cm³/mol. The third kappa shape index (κ3) is 4.35. The van der Waals surface area contributed by atoms with Crippen LogP contribution in [0.3, 0.4) is 0 Å². The molecule has 5 nitrogen and oxygen atoms in total. The van der Waals surface area contributed by atoms with Gasteiger partial charge in [-0.05, 0) is 24.8 Å². The molecule has 108 valence electrons. The van der Waals surface area contributed by atoms with Crippen LogP contribution in [0, 0.1) is 0 Å². The molecule has 0 spiro atoms. The predicted octanol–water partition coefficient (Wildman–Crippen LogP) is 0.690. The maximum absolute atomic E-state index is 11.7. The van der Waals surface area contributed by atoms with Crippen LogP contribution in [0.5, 0.6) is 0 Å². The molecule has 0 atom stereocenters. The first-order valence-electron chi connectivity index (χ1n) is 6.94. The van der Waals surface area contributed by atoms with E-state index >= 15 is 0 Å². The van der Waals surface area contributed by atoms with E-state index in [2.05, 4.69) is 10.6 Å². The molecular weight excluding hydrogens is 254 g/mol. The molecule has 0 bridgehead atoms. The van der Waals surface area contributed by atoms with E-state index in [0.29, 0.717) is 13.0 Å². The van der Waals surface area contributed by atoms with E-state index in [1.54, 1.807) is 0 Å². The molecule has 1 saturated carbocycles. The number of hydrogen-bond acceptors (Lipinski definition) is 3. The zero-order valence-corrected chi connectivity index (χ0v) is 11.5. The van der Waals surface area contributed by atoms with Crippen molar-refractivity contribution in [2.24, 2.45) is 5.73 Å². The van der Waals surface area contributed by atoms with Crippen molar-refractivity contribution < 1.29 is 9.59 Å². The summed E-state index contributed by atoms with van der Waals surface area (Å²) < 4.78 is 0. The Morgan fingerprint density at radius 3 is 2.40 bits per heavy atom. The molecule has 0 saturated heterocycles. The van der Waals surface area contributed by atoms with Crippen molar-refractivity contribution in [3.8, 4) is 0 Å². The van der Waals surface area contributed by atoms with E-state index in [4.69, 9.17) is 5.73 Å². The number of amides is 2. The summed E-state index contributed by atoms with van der Waals surface area (Å²) in [4.78, 5) is 23.3. The zero-order chi connectivity index (χ0) is 14.4. The second-order valence-corrected chi connectivity index (χ2v) is 5.43. The van der Waals surface area contributed by atoms with E-state index in [1.165, 1.54) is 0 Å². The molecule has 0 heterocycles. The first kappa shape index (κ1) is 14.5. The second-order valence-electron chi connectivity index (χ2n) is 5.43. The molecule has 5 heteroatoms. The van der Waals surface area contributed by atoms with Gasteiger partial charge in [0.05, 0.1) is 6.54 Å². The van der Waals surface area contributed by atoms with Crippen LogP contribution in [-0.2, 0) is 16.1 Å². The Morgan fingerprint density at radius 2 is 1.80 bits per heavy atom. The van der Waals surface area contributed by atoms with Crippen LogP contribution in [0.4, 0.5) is 0 Å². The first-order valence-corrected chi connectivity index (χ1v) is 6.94. The lowest BCUT2D eigenvalue weighted by atomic mass is 9.75. The minimum atomic E-state index is -0.343. The number of hydrogen-bond donors (Lipinski definition) is 3. The molecule has 1 aromatic carbocycles. The zero-order valence-electron chi connectivity index (χ0n) is 11.5. The van der Waals surface area contributed by atoms with Crippen LogP contribution in [0.2, 0.25) is 0 Å². The van der Waals surface area contributed by atoms with Crippen molar-refractivity contribution >= 4 is 11.8 Å². The lowest BCUT2D eigenvalue weighted by Gasteiger charge is -2.37. The smallest absolute Gasteiger partial charge is 0.239 e. The quantitative estimate of drug-likeness (QED) is 0.714. The van der Waals surface area contributed by atoms with Gasteiger partial charge in [0.2, 0.25) is 11.8 Å². The van der Waals surface area contributed by atoms with E-state index in [-0.39, 0.29) is 23.9 Å². The highest BCUT2D eigenvalue weighted by molar-refractivity contribution is 5.85. The lowest BCUT2D eigenvalue weighted by Crippen LogP contribution is -2.50. The van der Waals surface area contributed by atoms with E-state index in [0.717, 1.165) is 24.8 Å². The van der Waals surface area contributed by atoms with Gasteiger partial charge in [-0.15, -0.1) is 0 Å². The third-order valence-electron chi connectivity index (χ3n) is 3.64. The Hall–Kier alpha value is -1.88. The molecule has 2 amide bonds. The lowest BCUT2D eigenvalue weighted by molar-refractivity contribution is -0.127. The van der Waals surface area contributed by atoms with Gasteiger partial charge < -0.3 is 16.4 Å². The second kappa shape index (κ2) is 6.52. The molecule has 0 aliphatic heterocycles. The minimum Gasteiger partial charge on any atom is -0.350 e. The highest BCUT2D eigenvalue weighted by atomic mass is 16.2. The molecule has 0 radical (unpaired) electrons.